The van der Waals surface area contributed by atoms with Gasteiger partial charge in [0.05, 0.1) is 0 Å². The molecule has 134 valence electrons. The molecule has 3 rings (SSSR count). The molecular weight excluding hydrogens is 332 g/mol. The quantitative estimate of drug-likeness (QED) is 0.521. The Kier molecular flexibility index (Phi) is 5.02. The molecule has 0 bridgehead atoms. The van der Waals surface area contributed by atoms with E-state index in [0.29, 0.717) is 24.4 Å². The van der Waals surface area contributed by atoms with E-state index in [1.165, 1.54) is 6.92 Å². The van der Waals surface area contributed by atoms with E-state index >= 15 is 0 Å². The Bertz CT molecular complexity index is 828. The van der Waals surface area contributed by atoms with Crippen molar-refractivity contribution in [3.63, 3.8) is 0 Å². The SMILES string of the molecule is CC(=O)Nc1ccc(OC(=O)C2CCN(c3ccc(C)cc3)C2=O)cc1. The molecule has 2 aromatic rings. The number of rotatable bonds is 4. The van der Waals surface area contributed by atoms with Crippen LogP contribution in [-0.2, 0) is 14.4 Å². The van der Waals surface area contributed by atoms with Crippen LogP contribution in [0.25, 0.3) is 0 Å². The summed E-state index contributed by atoms with van der Waals surface area (Å²) in [6.07, 6.45) is 0.426. The molecule has 0 aliphatic carbocycles. The van der Waals surface area contributed by atoms with E-state index in [0.717, 1.165) is 11.3 Å². The normalized spacial score (nSPS) is 16.5. The van der Waals surface area contributed by atoms with Gasteiger partial charge in [-0.25, -0.2) is 0 Å². The number of carbonyl (C=O) groups is 3. The fourth-order valence-electron chi connectivity index (χ4n) is 2.88. The Morgan fingerprint density at radius 3 is 2.35 bits per heavy atom. The maximum atomic E-state index is 12.6. The summed E-state index contributed by atoms with van der Waals surface area (Å²) in [5, 5.41) is 2.64. The number of amides is 2. The molecule has 1 fully saturated rings. The van der Waals surface area contributed by atoms with E-state index in [9.17, 15) is 14.4 Å². The summed E-state index contributed by atoms with van der Waals surface area (Å²) < 4.78 is 5.33. The number of benzene rings is 2. The van der Waals surface area contributed by atoms with Crippen molar-refractivity contribution in [2.75, 3.05) is 16.8 Å². The predicted molar refractivity (Wildman–Crippen MR) is 98.0 cm³/mol. The van der Waals surface area contributed by atoms with E-state index in [2.05, 4.69) is 5.32 Å². The molecule has 1 unspecified atom stereocenters. The van der Waals surface area contributed by atoms with Crippen LogP contribution >= 0.6 is 0 Å². The maximum Gasteiger partial charge on any atom is 0.323 e. The Labute approximate surface area is 151 Å². The van der Waals surface area contributed by atoms with Crippen molar-refractivity contribution in [3.05, 3.63) is 54.1 Å². The Morgan fingerprint density at radius 1 is 1.08 bits per heavy atom. The molecule has 2 amide bonds. The minimum absolute atomic E-state index is 0.178. The third-order valence-electron chi connectivity index (χ3n) is 4.23. The van der Waals surface area contributed by atoms with Crippen molar-refractivity contribution in [1.82, 2.24) is 0 Å². The van der Waals surface area contributed by atoms with Gasteiger partial charge >= 0.3 is 5.97 Å². The lowest BCUT2D eigenvalue weighted by atomic mass is 10.1. The van der Waals surface area contributed by atoms with Crippen LogP contribution in [0.3, 0.4) is 0 Å². The Balaban J connectivity index is 1.64. The van der Waals surface area contributed by atoms with Gasteiger partial charge in [-0.3, -0.25) is 14.4 Å². The second-order valence-corrected chi connectivity index (χ2v) is 6.29. The zero-order valence-electron chi connectivity index (χ0n) is 14.7. The van der Waals surface area contributed by atoms with Crippen LogP contribution in [0.5, 0.6) is 5.75 Å². The summed E-state index contributed by atoms with van der Waals surface area (Å²) in [7, 11) is 0. The molecule has 1 atom stereocenters. The lowest BCUT2D eigenvalue weighted by Crippen LogP contribution is -2.32. The highest BCUT2D eigenvalue weighted by Crippen LogP contribution is 2.27. The first kappa shape index (κ1) is 17.7. The van der Waals surface area contributed by atoms with Gasteiger partial charge in [0.25, 0.3) is 0 Å². The standard InChI is InChI=1S/C20H20N2O4/c1-13-3-7-16(8-4-13)22-12-11-18(19(22)24)20(25)26-17-9-5-15(6-10-17)21-14(2)23/h3-10,18H,11-12H2,1-2H3,(H,21,23). The van der Waals surface area contributed by atoms with E-state index in [1.54, 1.807) is 29.2 Å². The zero-order valence-corrected chi connectivity index (χ0v) is 14.7. The molecule has 1 aliphatic heterocycles. The fraction of sp³-hybridized carbons (Fsp3) is 0.250. The van der Waals surface area contributed by atoms with Gasteiger partial charge in [-0.1, -0.05) is 17.7 Å². The van der Waals surface area contributed by atoms with Gasteiger partial charge in [0.1, 0.15) is 11.7 Å². The first-order valence-corrected chi connectivity index (χ1v) is 8.41. The van der Waals surface area contributed by atoms with Crippen LogP contribution in [-0.4, -0.2) is 24.3 Å². The number of hydrogen-bond acceptors (Lipinski definition) is 4. The number of aryl methyl sites for hydroxylation is 1. The maximum absolute atomic E-state index is 12.6. The summed E-state index contributed by atoms with van der Waals surface area (Å²) in [5.74, 6) is -1.44. The number of anilines is 2. The van der Waals surface area contributed by atoms with E-state index < -0.39 is 11.9 Å². The van der Waals surface area contributed by atoms with Crippen molar-refractivity contribution in [1.29, 1.82) is 0 Å². The number of ether oxygens (including phenoxy) is 1. The average Bonchev–Trinajstić information content (AvgIpc) is 2.98. The van der Waals surface area contributed by atoms with Gasteiger partial charge in [-0.2, -0.15) is 0 Å². The lowest BCUT2D eigenvalue weighted by molar-refractivity contribution is -0.142. The van der Waals surface area contributed by atoms with Crippen LogP contribution < -0.4 is 15.0 Å². The minimum Gasteiger partial charge on any atom is -0.426 e. The summed E-state index contributed by atoms with van der Waals surface area (Å²) >= 11 is 0. The van der Waals surface area contributed by atoms with Crippen LogP contribution in [0, 0.1) is 12.8 Å². The molecule has 26 heavy (non-hydrogen) atoms. The molecule has 0 spiro atoms. The van der Waals surface area contributed by atoms with Crippen LogP contribution in [0.15, 0.2) is 48.5 Å². The van der Waals surface area contributed by atoms with Gasteiger partial charge in [-0.15, -0.1) is 0 Å². The molecule has 0 saturated carbocycles. The highest BCUT2D eigenvalue weighted by molar-refractivity contribution is 6.08. The fourth-order valence-corrected chi connectivity index (χ4v) is 2.88. The molecule has 2 aromatic carbocycles. The van der Waals surface area contributed by atoms with Crippen molar-refractivity contribution in [3.8, 4) is 5.75 Å². The molecule has 0 radical (unpaired) electrons. The van der Waals surface area contributed by atoms with Gasteiger partial charge < -0.3 is 15.0 Å². The first-order valence-electron chi connectivity index (χ1n) is 8.41. The largest absolute Gasteiger partial charge is 0.426 e. The van der Waals surface area contributed by atoms with E-state index in [4.69, 9.17) is 4.74 Å². The van der Waals surface area contributed by atoms with Crippen LogP contribution in [0.1, 0.15) is 18.9 Å². The Morgan fingerprint density at radius 2 is 1.73 bits per heavy atom. The highest BCUT2D eigenvalue weighted by atomic mass is 16.5. The monoisotopic (exact) mass is 352 g/mol. The van der Waals surface area contributed by atoms with Crippen molar-refractivity contribution in [2.45, 2.75) is 20.3 Å². The second-order valence-electron chi connectivity index (χ2n) is 6.29. The summed E-state index contributed by atoms with van der Waals surface area (Å²) in [6, 6.07) is 14.1. The lowest BCUT2D eigenvalue weighted by Gasteiger charge is -2.16. The molecule has 6 nitrogen and oxygen atoms in total. The summed E-state index contributed by atoms with van der Waals surface area (Å²) in [6.45, 7) is 3.88. The van der Waals surface area contributed by atoms with Crippen molar-refractivity contribution < 1.29 is 19.1 Å². The van der Waals surface area contributed by atoms with Crippen molar-refractivity contribution in [2.24, 2.45) is 5.92 Å². The second kappa shape index (κ2) is 7.39. The van der Waals surface area contributed by atoms with Crippen LogP contribution in [0.2, 0.25) is 0 Å². The average molecular weight is 352 g/mol. The number of nitrogens with zero attached hydrogens (tertiary/aromatic N) is 1. The smallest absolute Gasteiger partial charge is 0.323 e. The Hall–Kier alpha value is -3.15. The summed E-state index contributed by atoms with van der Waals surface area (Å²) in [5.41, 5.74) is 2.51. The number of carbonyl (C=O) groups excluding carboxylic acids is 3. The number of esters is 1. The topological polar surface area (TPSA) is 75.7 Å². The van der Waals surface area contributed by atoms with Gasteiger partial charge in [0, 0.05) is 24.8 Å². The molecule has 1 saturated heterocycles. The molecule has 1 N–H and O–H groups in total. The van der Waals surface area contributed by atoms with Gasteiger partial charge in [-0.05, 0) is 49.7 Å². The minimum atomic E-state index is -0.800. The van der Waals surface area contributed by atoms with E-state index in [1.807, 2.05) is 31.2 Å². The third-order valence-corrected chi connectivity index (χ3v) is 4.23. The molecular formula is C20H20N2O4. The molecule has 0 aromatic heterocycles. The number of nitrogens with one attached hydrogen (secondary N) is 1. The predicted octanol–water partition coefficient (Wildman–Crippen LogP) is 2.91. The first-order chi connectivity index (χ1) is 12.4. The zero-order chi connectivity index (χ0) is 18.7. The van der Waals surface area contributed by atoms with Gasteiger partial charge in [0.15, 0.2) is 0 Å². The molecule has 1 heterocycles. The third kappa shape index (κ3) is 3.91. The van der Waals surface area contributed by atoms with Crippen LogP contribution in [0.4, 0.5) is 11.4 Å². The van der Waals surface area contributed by atoms with Gasteiger partial charge in [0.2, 0.25) is 11.8 Å². The molecule has 6 heteroatoms. The number of hydrogen-bond donors (Lipinski definition) is 1. The highest BCUT2D eigenvalue weighted by Gasteiger charge is 2.39. The molecule has 1 aliphatic rings. The summed E-state index contributed by atoms with van der Waals surface area (Å²) in [4.78, 5) is 37.6. The van der Waals surface area contributed by atoms with Crippen molar-refractivity contribution >= 4 is 29.2 Å². The van der Waals surface area contributed by atoms with E-state index in [-0.39, 0.29) is 11.8 Å².